The Balaban J connectivity index is 2.64. The number of aromatic nitrogens is 2. The minimum absolute atomic E-state index is 0.120. The molecule has 1 rings (SSSR count). The molecule has 0 bridgehead atoms. The average Bonchev–Trinajstić information content (AvgIpc) is 2.38. The van der Waals surface area contributed by atoms with Crippen molar-refractivity contribution in [1.82, 2.24) is 9.97 Å². The predicted octanol–water partition coefficient (Wildman–Crippen LogP) is -2.18. The molecule has 0 aromatic carbocycles. The zero-order valence-corrected chi connectivity index (χ0v) is 10.3. The SMILES string of the molecule is Cc1cnc(CC(O)C(O)C(O)C(N)C(=O)O)nc1. The molecule has 1 aromatic heterocycles. The molecule has 0 saturated carbocycles. The standard InChI is InChI=1S/C11H17N3O5/c1-5-3-13-7(14-4-5)2-6(15)9(16)10(17)8(12)11(18)19/h3-4,6,8-10,15-17H,2,12H2,1H3,(H,18,19). The minimum atomic E-state index is -1.78. The largest absolute Gasteiger partial charge is 0.480 e. The van der Waals surface area contributed by atoms with E-state index in [1.54, 1.807) is 19.3 Å². The van der Waals surface area contributed by atoms with Crippen molar-refractivity contribution < 1.29 is 25.2 Å². The van der Waals surface area contributed by atoms with E-state index in [9.17, 15) is 20.1 Å². The van der Waals surface area contributed by atoms with Crippen LogP contribution >= 0.6 is 0 Å². The van der Waals surface area contributed by atoms with Crippen molar-refractivity contribution in [2.24, 2.45) is 5.73 Å². The third-order valence-corrected chi connectivity index (χ3v) is 2.62. The Kier molecular flexibility index (Phi) is 5.31. The summed E-state index contributed by atoms with van der Waals surface area (Å²) in [6.45, 7) is 1.80. The lowest BCUT2D eigenvalue weighted by Gasteiger charge is -2.24. The lowest BCUT2D eigenvalue weighted by Crippen LogP contribution is -2.52. The number of carbonyl (C=O) groups is 1. The molecule has 0 fully saturated rings. The highest BCUT2D eigenvalue weighted by Gasteiger charge is 2.33. The van der Waals surface area contributed by atoms with Gasteiger partial charge in [-0.2, -0.15) is 0 Å². The molecule has 0 aliphatic carbocycles. The average molecular weight is 271 g/mol. The fourth-order valence-electron chi connectivity index (χ4n) is 1.42. The van der Waals surface area contributed by atoms with Gasteiger partial charge in [0.05, 0.1) is 6.10 Å². The van der Waals surface area contributed by atoms with Gasteiger partial charge in [-0.1, -0.05) is 0 Å². The molecule has 0 saturated heterocycles. The lowest BCUT2D eigenvalue weighted by atomic mass is 9.99. The Hall–Kier alpha value is -1.61. The quantitative estimate of drug-likeness (QED) is 0.392. The summed E-state index contributed by atoms with van der Waals surface area (Å²) >= 11 is 0. The van der Waals surface area contributed by atoms with Crippen molar-refractivity contribution in [1.29, 1.82) is 0 Å². The van der Waals surface area contributed by atoms with E-state index >= 15 is 0 Å². The Bertz CT molecular complexity index is 425. The number of aliphatic hydroxyl groups excluding tert-OH is 3. The zero-order valence-electron chi connectivity index (χ0n) is 10.3. The first kappa shape index (κ1) is 15.4. The van der Waals surface area contributed by atoms with Crippen molar-refractivity contribution in [3.05, 3.63) is 23.8 Å². The third-order valence-electron chi connectivity index (χ3n) is 2.62. The molecule has 0 aliphatic heterocycles. The first-order valence-electron chi connectivity index (χ1n) is 5.63. The van der Waals surface area contributed by atoms with Gasteiger partial charge in [-0.05, 0) is 12.5 Å². The van der Waals surface area contributed by atoms with E-state index in [4.69, 9.17) is 10.8 Å². The third kappa shape index (κ3) is 4.21. The molecule has 0 spiro atoms. The maximum atomic E-state index is 10.6. The lowest BCUT2D eigenvalue weighted by molar-refractivity contribution is -0.145. The van der Waals surface area contributed by atoms with E-state index in [1.165, 1.54) is 0 Å². The number of nitrogens with zero attached hydrogens (tertiary/aromatic N) is 2. The second kappa shape index (κ2) is 6.53. The second-order valence-corrected chi connectivity index (χ2v) is 4.29. The van der Waals surface area contributed by atoms with Gasteiger partial charge in [-0.15, -0.1) is 0 Å². The van der Waals surface area contributed by atoms with Gasteiger partial charge in [-0.3, -0.25) is 4.79 Å². The number of aliphatic hydroxyl groups is 3. The summed E-state index contributed by atoms with van der Waals surface area (Å²) in [5.41, 5.74) is 6.00. The topological polar surface area (TPSA) is 150 Å². The van der Waals surface area contributed by atoms with Crippen molar-refractivity contribution in [3.8, 4) is 0 Å². The first-order valence-corrected chi connectivity index (χ1v) is 5.63. The highest BCUT2D eigenvalue weighted by Crippen LogP contribution is 2.08. The summed E-state index contributed by atoms with van der Waals surface area (Å²) in [4.78, 5) is 18.4. The number of rotatable bonds is 6. The van der Waals surface area contributed by atoms with E-state index < -0.39 is 30.3 Å². The maximum absolute atomic E-state index is 10.6. The Labute approximate surface area is 109 Å². The highest BCUT2D eigenvalue weighted by molar-refractivity contribution is 5.74. The number of carboxylic acid groups (broad SMARTS) is 1. The molecule has 19 heavy (non-hydrogen) atoms. The molecule has 1 heterocycles. The van der Waals surface area contributed by atoms with Crippen LogP contribution in [0.25, 0.3) is 0 Å². The zero-order chi connectivity index (χ0) is 14.6. The molecule has 4 unspecified atom stereocenters. The Morgan fingerprint density at radius 2 is 1.79 bits per heavy atom. The monoisotopic (exact) mass is 271 g/mol. The van der Waals surface area contributed by atoms with Gasteiger partial charge in [0.1, 0.15) is 24.1 Å². The predicted molar refractivity (Wildman–Crippen MR) is 64.1 cm³/mol. The van der Waals surface area contributed by atoms with Crippen LogP contribution in [0.3, 0.4) is 0 Å². The highest BCUT2D eigenvalue weighted by atomic mass is 16.4. The van der Waals surface area contributed by atoms with Crippen LogP contribution in [-0.4, -0.2) is 60.7 Å². The molecule has 0 amide bonds. The molecule has 8 heteroatoms. The van der Waals surface area contributed by atoms with E-state index in [0.29, 0.717) is 0 Å². The molecular formula is C11H17N3O5. The van der Waals surface area contributed by atoms with Gasteiger partial charge in [0.25, 0.3) is 0 Å². The summed E-state index contributed by atoms with van der Waals surface area (Å²) < 4.78 is 0. The summed E-state index contributed by atoms with van der Waals surface area (Å²) in [5.74, 6) is -1.20. The summed E-state index contributed by atoms with van der Waals surface area (Å²) in [6.07, 6.45) is -1.93. The van der Waals surface area contributed by atoms with Gasteiger partial charge < -0.3 is 26.2 Å². The normalized spacial score (nSPS) is 17.5. The number of aliphatic carboxylic acids is 1. The van der Waals surface area contributed by atoms with Crippen molar-refractivity contribution >= 4 is 5.97 Å². The van der Waals surface area contributed by atoms with Crippen molar-refractivity contribution in [3.63, 3.8) is 0 Å². The van der Waals surface area contributed by atoms with Crippen LogP contribution in [0.15, 0.2) is 12.4 Å². The van der Waals surface area contributed by atoms with E-state index in [0.717, 1.165) is 5.56 Å². The number of hydrogen-bond acceptors (Lipinski definition) is 7. The Morgan fingerprint density at radius 1 is 1.26 bits per heavy atom. The van der Waals surface area contributed by atoms with E-state index in [2.05, 4.69) is 9.97 Å². The number of nitrogens with two attached hydrogens (primary N) is 1. The second-order valence-electron chi connectivity index (χ2n) is 4.29. The molecule has 4 atom stereocenters. The van der Waals surface area contributed by atoms with Gasteiger partial charge in [0.2, 0.25) is 0 Å². The smallest absolute Gasteiger partial charge is 0.323 e. The van der Waals surface area contributed by atoms with Crippen LogP contribution < -0.4 is 5.73 Å². The van der Waals surface area contributed by atoms with E-state index in [1.807, 2.05) is 0 Å². The van der Waals surface area contributed by atoms with Gasteiger partial charge in [0.15, 0.2) is 0 Å². The molecule has 1 aromatic rings. The molecule has 6 N–H and O–H groups in total. The molecule has 106 valence electrons. The molecule has 8 nitrogen and oxygen atoms in total. The fourth-order valence-corrected chi connectivity index (χ4v) is 1.42. The van der Waals surface area contributed by atoms with Crippen molar-refractivity contribution in [2.75, 3.05) is 0 Å². The maximum Gasteiger partial charge on any atom is 0.323 e. The minimum Gasteiger partial charge on any atom is -0.480 e. The van der Waals surface area contributed by atoms with Crippen molar-refractivity contribution in [2.45, 2.75) is 37.7 Å². The van der Waals surface area contributed by atoms with Crippen LogP contribution in [0.5, 0.6) is 0 Å². The molecular weight excluding hydrogens is 254 g/mol. The Morgan fingerprint density at radius 3 is 2.26 bits per heavy atom. The van der Waals surface area contributed by atoms with Gasteiger partial charge in [-0.25, -0.2) is 9.97 Å². The van der Waals surface area contributed by atoms with Crippen LogP contribution in [-0.2, 0) is 11.2 Å². The summed E-state index contributed by atoms with van der Waals surface area (Å²) in [6, 6.07) is -1.68. The van der Waals surface area contributed by atoms with Gasteiger partial charge >= 0.3 is 5.97 Å². The molecule has 0 aliphatic rings. The summed E-state index contributed by atoms with van der Waals surface area (Å²) in [5, 5.41) is 37.4. The number of aryl methyl sites for hydroxylation is 1. The van der Waals surface area contributed by atoms with Crippen LogP contribution in [0.1, 0.15) is 11.4 Å². The molecule has 0 radical (unpaired) electrons. The summed E-state index contributed by atoms with van der Waals surface area (Å²) in [7, 11) is 0. The van der Waals surface area contributed by atoms with Crippen LogP contribution in [0, 0.1) is 6.92 Å². The number of hydrogen-bond donors (Lipinski definition) is 5. The number of carboxylic acids is 1. The fraction of sp³-hybridized carbons (Fsp3) is 0.545. The van der Waals surface area contributed by atoms with Crippen LogP contribution in [0.2, 0.25) is 0 Å². The van der Waals surface area contributed by atoms with E-state index in [-0.39, 0.29) is 12.2 Å². The first-order chi connectivity index (χ1) is 8.82. The van der Waals surface area contributed by atoms with Gasteiger partial charge in [0, 0.05) is 18.8 Å². The van der Waals surface area contributed by atoms with Crippen LogP contribution in [0.4, 0.5) is 0 Å².